The van der Waals surface area contributed by atoms with Crippen molar-refractivity contribution >= 4 is 5.91 Å². The molecule has 0 spiro atoms. The van der Waals surface area contributed by atoms with Crippen molar-refractivity contribution in [3.05, 3.63) is 30.1 Å². The number of carbonyl (C=O) groups excluding carboxylic acids is 1. The first-order valence-corrected chi connectivity index (χ1v) is 7.09. The molecule has 0 saturated carbocycles. The highest BCUT2D eigenvalue weighted by Crippen LogP contribution is 2.18. The van der Waals surface area contributed by atoms with Crippen LogP contribution in [0, 0.1) is 5.82 Å². The Morgan fingerprint density at radius 3 is 2.95 bits per heavy atom. The molecule has 0 bridgehead atoms. The minimum atomic E-state index is -0.405. The average Bonchev–Trinajstić information content (AvgIpc) is 2.49. The van der Waals surface area contributed by atoms with Crippen LogP contribution in [0.3, 0.4) is 0 Å². The third-order valence-corrected chi connectivity index (χ3v) is 3.63. The Morgan fingerprint density at radius 2 is 2.20 bits per heavy atom. The van der Waals surface area contributed by atoms with Gasteiger partial charge in [-0.1, -0.05) is 12.1 Å². The molecule has 20 heavy (non-hydrogen) atoms. The van der Waals surface area contributed by atoms with Crippen LogP contribution < -0.4 is 10.5 Å². The van der Waals surface area contributed by atoms with Crippen LogP contribution >= 0.6 is 0 Å². The summed E-state index contributed by atoms with van der Waals surface area (Å²) >= 11 is 0. The van der Waals surface area contributed by atoms with Crippen LogP contribution in [-0.2, 0) is 4.79 Å². The molecule has 0 radical (unpaired) electrons. The van der Waals surface area contributed by atoms with Gasteiger partial charge in [0, 0.05) is 19.1 Å². The molecule has 5 heteroatoms. The summed E-state index contributed by atoms with van der Waals surface area (Å²) in [6.45, 7) is 1.45. The van der Waals surface area contributed by atoms with E-state index < -0.39 is 5.82 Å². The molecule has 1 saturated heterocycles. The van der Waals surface area contributed by atoms with Crippen LogP contribution in [0.4, 0.5) is 4.39 Å². The first-order chi connectivity index (χ1) is 9.72. The van der Waals surface area contributed by atoms with Gasteiger partial charge in [0.05, 0.1) is 13.0 Å². The molecule has 1 aromatic rings. The van der Waals surface area contributed by atoms with Gasteiger partial charge < -0.3 is 15.4 Å². The number of hydrogen-bond acceptors (Lipinski definition) is 3. The maximum atomic E-state index is 13.3. The zero-order valence-electron chi connectivity index (χ0n) is 11.6. The Kier molecular flexibility index (Phi) is 5.35. The third kappa shape index (κ3) is 3.70. The van der Waals surface area contributed by atoms with Gasteiger partial charge in [0.1, 0.15) is 0 Å². The summed E-state index contributed by atoms with van der Waals surface area (Å²) in [7, 11) is 0. The molecular formula is C15H21FN2O2. The Bertz CT molecular complexity index is 453. The first-order valence-electron chi connectivity index (χ1n) is 7.09. The molecule has 1 aromatic carbocycles. The van der Waals surface area contributed by atoms with Crippen molar-refractivity contribution in [3.8, 4) is 5.75 Å². The number of ether oxygens (including phenoxy) is 1. The van der Waals surface area contributed by atoms with Gasteiger partial charge in [0.15, 0.2) is 11.6 Å². The Hall–Kier alpha value is -1.62. The number of piperidine rings is 1. The van der Waals surface area contributed by atoms with E-state index in [9.17, 15) is 9.18 Å². The van der Waals surface area contributed by atoms with E-state index in [0.29, 0.717) is 6.54 Å². The van der Waals surface area contributed by atoms with E-state index in [4.69, 9.17) is 10.5 Å². The highest BCUT2D eigenvalue weighted by molar-refractivity contribution is 5.76. The summed E-state index contributed by atoms with van der Waals surface area (Å²) in [4.78, 5) is 14.0. The van der Waals surface area contributed by atoms with Crippen molar-refractivity contribution in [2.24, 2.45) is 5.73 Å². The van der Waals surface area contributed by atoms with Crippen LogP contribution in [0.15, 0.2) is 24.3 Å². The normalized spacial score (nSPS) is 18.9. The van der Waals surface area contributed by atoms with Crippen molar-refractivity contribution in [2.75, 3.05) is 19.7 Å². The van der Waals surface area contributed by atoms with E-state index in [1.165, 1.54) is 6.07 Å². The molecule has 1 amide bonds. The van der Waals surface area contributed by atoms with Crippen LogP contribution in [0.2, 0.25) is 0 Å². The molecule has 2 N–H and O–H groups in total. The number of carbonyl (C=O) groups is 1. The lowest BCUT2D eigenvalue weighted by Crippen LogP contribution is -2.47. The smallest absolute Gasteiger partial charge is 0.226 e. The number of para-hydroxylation sites is 1. The van der Waals surface area contributed by atoms with Gasteiger partial charge in [-0.2, -0.15) is 0 Å². The maximum Gasteiger partial charge on any atom is 0.226 e. The lowest BCUT2D eigenvalue weighted by molar-refractivity contribution is -0.135. The van der Waals surface area contributed by atoms with Gasteiger partial charge in [-0.15, -0.1) is 0 Å². The zero-order valence-corrected chi connectivity index (χ0v) is 11.6. The van der Waals surface area contributed by atoms with Gasteiger partial charge in [-0.3, -0.25) is 4.79 Å². The highest BCUT2D eigenvalue weighted by atomic mass is 19.1. The molecule has 1 fully saturated rings. The molecule has 0 aromatic heterocycles. The zero-order chi connectivity index (χ0) is 14.4. The standard InChI is InChI=1S/C15H21FN2O2/c16-13-6-1-2-7-14(13)20-10-8-15(19)18-9-4-3-5-12(18)11-17/h1-2,6-7,12H,3-5,8-11,17H2/t12-/m1/s1. The number of likely N-dealkylation sites (tertiary alicyclic amines) is 1. The van der Waals surface area contributed by atoms with Gasteiger partial charge in [-0.05, 0) is 31.4 Å². The number of halogens is 1. The Balaban J connectivity index is 1.81. The number of rotatable bonds is 5. The van der Waals surface area contributed by atoms with Crippen LogP contribution in [-0.4, -0.2) is 36.5 Å². The van der Waals surface area contributed by atoms with E-state index in [1.54, 1.807) is 18.2 Å². The fourth-order valence-corrected chi connectivity index (χ4v) is 2.53. The fourth-order valence-electron chi connectivity index (χ4n) is 2.53. The summed E-state index contributed by atoms with van der Waals surface area (Å²) in [5.74, 6) is -0.177. The SMILES string of the molecule is NC[C@H]1CCCCN1C(=O)CCOc1ccccc1F. The molecular weight excluding hydrogens is 259 g/mol. The third-order valence-electron chi connectivity index (χ3n) is 3.63. The summed E-state index contributed by atoms with van der Waals surface area (Å²) in [6, 6.07) is 6.35. The highest BCUT2D eigenvalue weighted by Gasteiger charge is 2.25. The monoisotopic (exact) mass is 280 g/mol. The minimum absolute atomic E-state index is 0.0384. The lowest BCUT2D eigenvalue weighted by Gasteiger charge is -2.35. The number of hydrogen-bond donors (Lipinski definition) is 1. The number of nitrogens with two attached hydrogens (primary N) is 1. The van der Waals surface area contributed by atoms with E-state index in [-0.39, 0.29) is 30.7 Å². The second-order valence-electron chi connectivity index (χ2n) is 5.00. The predicted octanol–water partition coefficient (Wildman–Crippen LogP) is 1.93. The van der Waals surface area contributed by atoms with Crippen LogP contribution in [0.5, 0.6) is 5.75 Å². The molecule has 1 heterocycles. The van der Waals surface area contributed by atoms with E-state index in [2.05, 4.69) is 0 Å². The number of benzene rings is 1. The second-order valence-corrected chi connectivity index (χ2v) is 5.00. The molecule has 1 atom stereocenters. The molecule has 2 rings (SSSR count). The molecule has 0 aliphatic carbocycles. The topological polar surface area (TPSA) is 55.6 Å². The maximum absolute atomic E-state index is 13.3. The lowest BCUT2D eigenvalue weighted by atomic mass is 10.0. The Morgan fingerprint density at radius 1 is 1.40 bits per heavy atom. The number of amides is 1. The van der Waals surface area contributed by atoms with Crippen molar-refractivity contribution in [2.45, 2.75) is 31.7 Å². The van der Waals surface area contributed by atoms with Gasteiger partial charge >= 0.3 is 0 Å². The first kappa shape index (κ1) is 14.8. The molecule has 110 valence electrons. The fraction of sp³-hybridized carbons (Fsp3) is 0.533. The summed E-state index contributed by atoms with van der Waals surface area (Å²) in [5, 5.41) is 0. The average molecular weight is 280 g/mol. The quantitative estimate of drug-likeness (QED) is 0.896. The summed E-state index contributed by atoms with van der Waals surface area (Å²) in [6.07, 6.45) is 3.37. The molecule has 1 aliphatic heterocycles. The van der Waals surface area contributed by atoms with E-state index >= 15 is 0 Å². The second kappa shape index (κ2) is 7.24. The summed E-state index contributed by atoms with van der Waals surface area (Å²) in [5.41, 5.74) is 5.70. The van der Waals surface area contributed by atoms with Gasteiger partial charge in [-0.25, -0.2) is 4.39 Å². The van der Waals surface area contributed by atoms with Crippen molar-refractivity contribution < 1.29 is 13.9 Å². The predicted molar refractivity (Wildman–Crippen MR) is 74.9 cm³/mol. The van der Waals surface area contributed by atoms with Crippen molar-refractivity contribution in [1.82, 2.24) is 4.90 Å². The summed E-state index contributed by atoms with van der Waals surface area (Å²) < 4.78 is 18.7. The van der Waals surface area contributed by atoms with E-state index in [1.807, 2.05) is 4.90 Å². The molecule has 4 nitrogen and oxygen atoms in total. The van der Waals surface area contributed by atoms with Crippen molar-refractivity contribution in [1.29, 1.82) is 0 Å². The molecule has 1 aliphatic rings. The number of nitrogens with zero attached hydrogens (tertiary/aromatic N) is 1. The van der Waals surface area contributed by atoms with Gasteiger partial charge in [0.2, 0.25) is 5.91 Å². The van der Waals surface area contributed by atoms with Gasteiger partial charge in [0.25, 0.3) is 0 Å². The Labute approximate surface area is 118 Å². The largest absolute Gasteiger partial charge is 0.490 e. The molecule has 0 unspecified atom stereocenters. The van der Waals surface area contributed by atoms with E-state index in [0.717, 1.165) is 25.8 Å². The van der Waals surface area contributed by atoms with Crippen LogP contribution in [0.1, 0.15) is 25.7 Å². The minimum Gasteiger partial charge on any atom is -0.490 e. The van der Waals surface area contributed by atoms with Crippen LogP contribution in [0.25, 0.3) is 0 Å². The van der Waals surface area contributed by atoms with Crippen molar-refractivity contribution in [3.63, 3.8) is 0 Å².